The van der Waals surface area contributed by atoms with E-state index in [0.717, 1.165) is 26.5 Å². The van der Waals surface area contributed by atoms with Crippen molar-refractivity contribution < 1.29 is 19.1 Å². The van der Waals surface area contributed by atoms with E-state index in [4.69, 9.17) is 9.47 Å². The van der Waals surface area contributed by atoms with Gasteiger partial charge in [0.05, 0.1) is 5.56 Å². The van der Waals surface area contributed by atoms with Crippen molar-refractivity contribution in [1.82, 2.24) is 9.13 Å². The van der Waals surface area contributed by atoms with E-state index in [-0.39, 0.29) is 16.8 Å². The van der Waals surface area contributed by atoms with Crippen molar-refractivity contribution in [2.75, 3.05) is 11.9 Å². The molecule has 2 aromatic carbocycles. The van der Waals surface area contributed by atoms with Gasteiger partial charge >= 0.3 is 11.7 Å². The van der Waals surface area contributed by atoms with Gasteiger partial charge in [-0.25, -0.2) is 9.59 Å². The van der Waals surface area contributed by atoms with Crippen LogP contribution >= 0.6 is 0 Å². The Morgan fingerprint density at radius 2 is 1.54 bits per heavy atom. The number of anilines is 1. The van der Waals surface area contributed by atoms with Gasteiger partial charge in [0.15, 0.2) is 6.61 Å². The number of rotatable bonds is 7. The Morgan fingerprint density at radius 1 is 0.914 bits per heavy atom. The maximum atomic E-state index is 12.3. The molecule has 0 spiro atoms. The highest BCUT2D eigenvalue weighted by molar-refractivity contribution is 5.95. The number of esters is 1. The number of carbonyl (C=O) groups is 2. The van der Waals surface area contributed by atoms with Gasteiger partial charge in [-0.3, -0.25) is 18.7 Å². The molecule has 0 bridgehead atoms. The van der Waals surface area contributed by atoms with E-state index in [9.17, 15) is 19.2 Å². The number of amides is 1. The van der Waals surface area contributed by atoms with Crippen molar-refractivity contribution in [2.45, 2.75) is 32.8 Å². The Bertz CT molecular complexity index is 1330. The highest BCUT2D eigenvalue weighted by atomic mass is 16.5. The molecular formula is C26H29N3O6. The van der Waals surface area contributed by atoms with Crippen LogP contribution in [-0.4, -0.2) is 27.6 Å². The van der Waals surface area contributed by atoms with Gasteiger partial charge in [0.2, 0.25) is 0 Å². The zero-order valence-corrected chi connectivity index (χ0v) is 20.5. The number of ether oxygens (including phenoxy) is 2. The van der Waals surface area contributed by atoms with Gasteiger partial charge in [-0.1, -0.05) is 45.0 Å². The molecular weight excluding hydrogens is 450 g/mol. The molecule has 1 aromatic heterocycles. The lowest BCUT2D eigenvalue weighted by Gasteiger charge is -2.19. The van der Waals surface area contributed by atoms with E-state index in [1.165, 1.54) is 19.7 Å². The smallest absolute Gasteiger partial charge is 0.338 e. The van der Waals surface area contributed by atoms with Crippen LogP contribution in [0.25, 0.3) is 0 Å². The third kappa shape index (κ3) is 6.47. The van der Waals surface area contributed by atoms with E-state index < -0.39 is 29.7 Å². The second kappa shape index (κ2) is 10.4. The highest BCUT2D eigenvalue weighted by Gasteiger charge is 2.14. The van der Waals surface area contributed by atoms with Crippen LogP contribution in [0.4, 0.5) is 5.82 Å². The van der Waals surface area contributed by atoms with Crippen LogP contribution in [0, 0.1) is 0 Å². The molecule has 9 nitrogen and oxygen atoms in total. The lowest BCUT2D eigenvalue weighted by molar-refractivity contribution is -0.119. The van der Waals surface area contributed by atoms with Crippen molar-refractivity contribution >= 4 is 17.7 Å². The van der Waals surface area contributed by atoms with Crippen LogP contribution in [0.1, 0.15) is 42.3 Å². The maximum absolute atomic E-state index is 12.3. The molecule has 3 rings (SSSR count). The molecule has 184 valence electrons. The fourth-order valence-corrected chi connectivity index (χ4v) is 3.20. The van der Waals surface area contributed by atoms with Gasteiger partial charge in [0.1, 0.15) is 18.2 Å². The third-order valence-corrected chi connectivity index (χ3v) is 5.44. The van der Waals surface area contributed by atoms with Gasteiger partial charge < -0.3 is 14.8 Å². The first-order valence-corrected chi connectivity index (χ1v) is 11.0. The van der Waals surface area contributed by atoms with Gasteiger partial charge in [-0.15, -0.1) is 0 Å². The molecule has 0 aliphatic heterocycles. The van der Waals surface area contributed by atoms with Gasteiger partial charge in [0.25, 0.3) is 11.5 Å². The zero-order chi connectivity index (χ0) is 25.8. The van der Waals surface area contributed by atoms with Gasteiger partial charge in [-0.05, 0) is 40.8 Å². The number of carbonyl (C=O) groups excluding carboxylic acids is 2. The normalized spacial score (nSPS) is 11.1. The molecule has 0 unspecified atom stereocenters. The van der Waals surface area contributed by atoms with Crippen LogP contribution < -0.4 is 21.3 Å². The Morgan fingerprint density at radius 3 is 2.14 bits per heavy atom. The Balaban J connectivity index is 1.51. The molecule has 3 aromatic rings. The SMILES string of the molecule is Cn1c(NC(=O)COC(=O)c2ccc(COc3ccc(C(C)(C)C)cc3)cc2)cc(=O)n(C)c1=O. The summed E-state index contributed by atoms with van der Waals surface area (Å²) in [6, 6.07) is 15.7. The van der Waals surface area contributed by atoms with Gasteiger partial charge in [-0.2, -0.15) is 0 Å². The van der Waals surface area contributed by atoms with Crippen LogP contribution in [0.5, 0.6) is 5.75 Å². The van der Waals surface area contributed by atoms with E-state index in [1.54, 1.807) is 24.3 Å². The van der Waals surface area contributed by atoms with Crippen LogP contribution in [-0.2, 0) is 35.6 Å². The molecule has 0 radical (unpaired) electrons. The van der Waals surface area contributed by atoms with E-state index in [0.29, 0.717) is 6.61 Å². The predicted molar refractivity (Wildman–Crippen MR) is 132 cm³/mol. The second-order valence-corrected chi connectivity index (χ2v) is 9.15. The Labute approximate surface area is 202 Å². The second-order valence-electron chi connectivity index (χ2n) is 9.15. The molecule has 1 amide bonds. The van der Waals surface area contributed by atoms with Crippen LogP contribution in [0.3, 0.4) is 0 Å². The van der Waals surface area contributed by atoms with Crippen LogP contribution in [0.2, 0.25) is 0 Å². The van der Waals surface area contributed by atoms with Crippen molar-refractivity contribution in [1.29, 1.82) is 0 Å². The summed E-state index contributed by atoms with van der Waals surface area (Å²) in [6.07, 6.45) is 0. The predicted octanol–water partition coefficient (Wildman–Crippen LogP) is 2.76. The minimum atomic E-state index is -0.678. The van der Waals surface area contributed by atoms with Crippen molar-refractivity contribution in [3.63, 3.8) is 0 Å². The monoisotopic (exact) mass is 479 g/mol. The molecule has 1 N–H and O–H groups in total. The first-order chi connectivity index (χ1) is 16.5. The summed E-state index contributed by atoms with van der Waals surface area (Å²) in [5.74, 6) is -0.592. The summed E-state index contributed by atoms with van der Waals surface area (Å²) in [7, 11) is 2.75. The number of aromatic nitrogens is 2. The zero-order valence-electron chi connectivity index (χ0n) is 20.5. The molecule has 9 heteroatoms. The highest BCUT2D eigenvalue weighted by Crippen LogP contribution is 2.24. The lowest BCUT2D eigenvalue weighted by atomic mass is 9.87. The van der Waals surface area contributed by atoms with E-state index in [1.807, 2.05) is 24.3 Å². The molecule has 1 heterocycles. The number of benzene rings is 2. The molecule has 0 fully saturated rings. The largest absolute Gasteiger partial charge is 0.489 e. The van der Waals surface area contributed by atoms with Crippen molar-refractivity contribution in [3.05, 3.63) is 92.1 Å². The molecule has 0 atom stereocenters. The van der Waals surface area contributed by atoms with Crippen molar-refractivity contribution in [3.8, 4) is 5.75 Å². The van der Waals surface area contributed by atoms with Crippen molar-refractivity contribution in [2.24, 2.45) is 14.1 Å². The number of nitrogens with one attached hydrogen (secondary N) is 1. The van der Waals surface area contributed by atoms with Crippen LogP contribution in [0.15, 0.2) is 64.2 Å². The summed E-state index contributed by atoms with van der Waals surface area (Å²) in [5, 5.41) is 2.40. The summed E-state index contributed by atoms with van der Waals surface area (Å²) in [4.78, 5) is 48.1. The fourth-order valence-electron chi connectivity index (χ4n) is 3.20. The molecule has 0 aliphatic rings. The summed E-state index contributed by atoms with van der Waals surface area (Å²) in [6.45, 7) is 6.22. The third-order valence-electron chi connectivity index (χ3n) is 5.44. The Kier molecular flexibility index (Phi) is 7.58. The first kappa shape index (κ1) is 25.5. The minimum Gasteiger partial charge on any atom is -0.489 e. The Hall–Kier alpha value is -4.14. The summed E-state index contributed by atoms with van der Waals surface area (Å²) < 4.78 is 12.9. The molecule has 0 saturated carbocycles. The summed E-state index contributed by atoms with van der Waals surface area (Å²) in [5.41, 5.74) is 1.28. The number of hydrogen-bond acceptors (Lipinski definition) is 6. The summed E-state index contributed by atoms with van der Waals surface area (Å²) >= 11 is 0. The molecule has 0 saturated heterocycles. The molecule has 0 aliphatic carbocycles. The standard InChI is InChI=1S/C26H29N3O6/c1-26(2,3)19-10-12-20(13-11-19)34-15-17-6-8-18(9-7-17)24(32)35-16-22(30)27-21-14-23(31)29(5)25(33)28(21)4/h6-14H,15-16H2,1-5H3,(H,27,30). The van der Waals surface area contributed by atoms with Gasteiger partial charge in [0, 0.05) is 20.2 Å². The minimum absolute atomic E-state index is 0.0107. The quantitative estimate of drug-likeness (QED) is 0.522. The number of nitrogens with zero attached hydrogens (tertiary/aromatic N) is 2. The average Bonchev–Trinajstić information content (AvgIpc) is 2.83. The average molecular weight is 480 g/mol. The van der Waals surface area contributed by atoms with E-state index >= 15 is 0 Å². The number of hydrogen-bond donors (Lipinski definition) is 1. The topological polar surface area (TPSA) is 109 Å². The molecule has 35 heavy (non-hydrogen) atoms. The first-order valence-electron chi connectivity index (χ1n) is 11.0. The maximum Gasteiger partial charge on any atom is 0.338 e. The fraction of sp³-hybridized carbons (Fsp3) is 0.308. The van der Waals surface area contributed by atoms with E-state index in [2.05, 4.69) is 26.1 Å². The lowest BCUT2D eigenvalue weighted by Crippen LogP contribution is -2.38.